The number of amides is 1. The van der Waals surface area contributed by atoms with Crippen LogP contribution in [-0.4, -0.2) is 50.0 Å². The highest BCUT2D eigenvalue weighted by Crippen LogP contribution is 2.30. The number of nitrogen functional groups attached to an aromatic ring is 1. The zero-order valence-electron chi connectivity index (χ0n) is 28.7. The van der Waals surface area contributed by atoms with Crippen LogP contribution in [0.25, 0.3) is 23.2 Å². The molecule has 1 amide bonds. The number of aromatic nitrogens is 6. The average molecular weight is 715 g/mol. The molecule has 4 aromatic heterocycles. The molecule has 0 saturated carbocycles. The number of benzene rings is 3. The molecule has 0 unspecified atom stereocenters. The zero-order valence-corrected chi connectivity index (χ0v) is 28.7. The van der Waals surface area contributed by atoms with Crippen molar-refractivity contribution in [3.8, 4) is 57.7 Å². The van der Waals surface area contributed by atoms with Crippen molar-refractivity contribution < 1.29 is 32.6 Å². The summed E-state index contributed by atoms with van der Waals surface area (Å²) in [5, 5.41) is 17.8. The van der Waals surface area contributed by atoms with Crippen molar-refractivity contribution in [3.63, 3.8) is 0 Å². The minimum absolute atomic E-state index is 0.275. The molecule has 4 heterocycles. The lowest BCUT2D eigenvalue weighted by molar-refractivity contribution is 0.102. The van der Waals surface area contributed by atoms with Gasteiger partial charge >= 0.3 is 0 Å². The van der Waals surface area contributed by atoms with Crippen LogP contribution in [0.2, 0.25) is 0 Å². The molecule has 0 atom stereocenters. The normalized spacial score (nSPS) is 10.5. The molecule has 0 bridgehead atoms. The quantitative estimate of drug-likeness (QED) is 0.0864. The van der Waals surface area contributed by atoms with E-state index >= 15 is 0 Å². The van der Waals surface area contributed by atoms with Gasteiger partial charge in [0.1, 0.15) is 34.4 Å². The van der Waals surface area contributed by atoms with Crippen LogP contribution in [0, 0.1) is 0 Å². The highest BCUT2D eigenvalue weighted by atomic mass is 16.5. The molecule has 0 spiro atoms. The molecule has 7 rings (SSSR count). The molecule has 3 aromatic carbocycles. The van der Waals surface area contributed by atoms with Gasteiger partial charge in [0, 0.05) is 53.6 Å². The van der Waals surface area contributed by atoms with Gasteiger partial charge in [0.2, 0.25) is 12.8 Å². The van der Waals surface area contributed by atoms with Gasteiger partial charge in [0.25, 0.3) is 17.7 Å². The van der Waals surface area contributed by atoms with Crippen LogP contribution in [0.1, 0.15) is 30.1 Å². The number of rotatable bonds is 13. The molecular weight excluding hydrogens is 680 g/mol. The number of carbonyl (C=O) groups is 1. The number of ether oxygens (including phenoxy) is 4. The Morgan fingerprint density at radius 1 is 0.736 bits per heavy atom. The van der Waals surface area contributed by atoms with Crippen LogP contribution < -0.4 is 30.0 Å². The van der Waals surface area contributed by atoms with Crippen LogP contribution in [-0.2, 0) is 0 Å². The molecule has 268 valence electrons. The molecule has 0 aliphatic heterocycles. The summed E-state index contributed by atoms with van der Waals surface area (Å²) in [5.41, 5.74) is 8.42. The topological polar surface area (TPSA) is 196 Å². The first-order valence-electron chi connectivity index (χ1n) is 16.4. The summed E-state index contributed by atoms with van der Waals surface area (Å²) in [5.74, 6) is 3.84. The number of hydrogen-bond acceptors (Lipinski definition) is 14. The van der Waals surface area contributed by atoms with Crippen molar-refractivity contribution in [1.29, 1.82) is 0 Å². The SMILES string of the molecule is CCCCOc1cc(C(=O)Nc2cccc(Oc3ccnc(-c4nnco4)c3)c2)ccc1OC.Nc1cccc(Oc2ccnc(-c3nnco3)c2)c1. The van der Waals surface area contributed by atoms with Gasteiger partial charge in [-0.3, -0.25) is 14.8 Å². The number of hydrogen-bond donors (Lipinski definition) is 2. The Balaban J connectivity index is 0.000000213. The third kappa shape index (κ3) is 9.91. The van der Waals surface area contributed by atoms with Gasteiger partial charge in [-0.2, -0.15) is 0 Å². The van der Waals surface area contributed by atoms with E-state index in [-0.39, 0.29) is 5.91 Å². The van der Waals surface area contributed by atoms with Crippen molar-refractivity contribution in [2.24, 2.45) is 0 Å². The fourth-order valence-corrected chi connectivity index (χ4v) is 4.70. The molecule has 0 aliphatic carbocycles. The van der Waals surface area contributed by atoms with E-state index in [1.54, 1.807) is 98.4 Å². The minimum Gasteiger partial charge on any atom is -0.493 e. The van der Waals surface area contributed by atoms with E-state index in [1.165, 1.54) is 12.8 Å². The van der Waals surface area contributed by atoms with Crippen molar-refractivity contribution in [1.82, 2.24) is 30.4 Å². The van der Waals surface area contributed by atoms with E-state index in [0.29, 0.717) is 81.2 Å². The summed E-state index contributed by atoms with van der Waals surface area (Å²) in [6.07, 6.45) is 7.62. The van der Waals surface area contributed by atoms with E-state index in [0.717, 1.165) is 12.8 Å². The molecule has 0 aliphatic rings. The maximum atomic E-state index is 12.9. The number of pyridine rings is 2. The van der Waals surface area contributed by atoms with E-state index in [9.17, 15) is 4.79 Å². The maximum Gasteiger partial charge on any atom is 0.266 e. The Labute approximate surface area is 303 Å². The standard InChI is InChI=1S/C25H24N4O5.C13H10N4O2/c1-3-4-12-32-23-13-17(8-9-22(23)31-2)24(30)28-18-6-5-7-19(14-18)34-20-10-11-26-21(15-20)25-29-27-16-33-25;14-9-2-1-3-10(6-9)19-11-4-5-15-12(7-11)13-17-16-8-18-13/h5-11,13-16H,3-4,12H2,1-2H3,(H,28,30);1-8H,14H2. The van der Waals surface area contributed by atoms with Crippen molar-refractivity contribution in [2.75, 3.05) is 24.8 Å². The number of unbranched alkanes of at least 4 members (excludes halogenated alkanes) is 1. The highest BCUT2D eigenvalue weighted by Gasteiger charge is 2.13. The second-order valence-electron chi connectivity index (χ2n) is 11.1. The first-order valence-corrected chi connectivity index (χ1v) is 16.4. The molecular formula is C38H34N8O7. The number of anilines is 2. The fourth-order valence-electron chi connectivity index (χ4n) is 4.70. The lowest BCUT2D eigenvalue weighted by Crippen LogP contribution is -2.12. The summed E-state index contributed by atoms with van der Waals surface area (Å²) in [4.78, 5) is 21.2. The monoisotopic (exact) mass is 714 g/mol. The van der Waals surface area contributed by atoms with Crippen LogP contribution >= 0.6 is 0 Å². The number of carbonyl (C=O) groups excluding carboxylic acids is 1. The van der Waals surface area contributed by atoms with E-state index in [4.69, 9.17) is 33.5 Å². The Morgan fingerprint density at radius 3 is 1.94 bits per heavy atom. The molecule has 0 radical (unpaired) electrons. The zero-order chi connectivity index (χ0) is 36.8. The van der Waals surface area contributed by atoms with Crippen LogP contribution in [0.3, 0.4) is 0 Å². The van der Waals surface area contributed by atoms with Crippen LogP contribution in [0.4, 0.5) is 11.4 Å². The number of nitrogens with one attached hydrogen (secondary N) is 1. The molecule has 15 heteroatoms. The van der Waals surface area contributed by atoms with Crippen molar-refractivity contribution in [2.45, 2.75) is 19.8 Å². The molecule has 53 heavy (non-hydrogen) atoms. The molecule has 15 nitrogen and oxygen atoms in total. The fraction of sp³-hybridized carbons (Fsp3) is 0.132. The Morgan fingerprint density at radius 2 is 1.36 bits per heavy atom. The lowest BCUT2D eigenvalue weighted by atomic mass is 10.1. The highest BCUT2D eigenvalue weighted by molar-refractivity contribution is 6.04. The Hall–Kier alpha value is -7.29. The summed E-state index contributed by atoms with van der Waals surface area (Å²) < 4.78 is 33.0. The van der Waals surface area contributed by atoms with Crippen molar-refractivity contribution in [3.05, 3.63) is 122 Å². The molecule has 0 fully saturated rings. The lowest BCUT2D eigenvalue weighted by Gasteiger charge is -2.13. The number of methoxy groups -OCH3 is 1. The molecule has 3 N–H and O–H groups in total. The van der Waals surface area contributed by atoms with Gasteiger partial charge in [-0.1, -0.05) is 25.5 Å². The number of nitrogens with two attached hydrogens (primary N) is 1. The first-order chi connectivity index (χ1) is 26.0. The number of nitrogens with zero attached hydrogens (tertiary/aromatic N) is 6. The van der Waals surface area contributed by atoms with Gasteiger partial charge in [-0.15, -0.1) is 20.4 Å². The predicted octanol–water partition coefficient (Wildman–Crippen LogP) is 7.87. The summed E-state index contributed by atoms with van der Waals surface area (Å²) >= 11 is 0. The van der Waals surface area contributed by atoms with E-state index < -0.39 is 0 Å². The summed E-state index contributed by atoms with van der Waals surface area (Å²) in [6, 6.07) is 26.2. The summed E-state index contributed by atoms with van der Waals surface area (Å²) in [6.45, 7) is 2.64. The van der Waals surface area contributed by atoms with Crippen molar-refractivity contribution >= 4 is 17.3 Å². The first kappa shape index (κ1) is 35.5. The second kappa shape index (κ2) is 17.6. The summed E-state index contributed by atoms with van der Waals surface area (Å²) in [7, 11) is 1.57. The Bertz CT molecular complexity index is 2230. The molecule has 0 saturated heterocycles. The van der Waals surface area contributed by atoms with Crippen LogP contribution in [0.15, 0.2) is 125 Å². The third-order valence-electron chi connectivity index (χ3n) is 7.22. The van der Waals surface area contributed by atoms with Crippen LogP contribution in [0.5, 0.6) is 34.5 Å². The second-order valence-corrected chi connectivity index (χ2v) is 11.1. The van der Waals surface area contributed by atoms with E-state index in [1.807, 2.05) is 12.1 Å². The maximum absolute atomic E-state index is 12.9. The largest absolute Gasteiger partial charge is 0.493 e. The third-order valence-corrected chi connectivity index (χ3v) is 7.22. The van der Waals surface area contributed by atoms with Gasteiger partial charge in [-0.25, -0.2) is 0 Å². The van der Waals surface area contributed by atoms with Gasteiger partial charge < -0.3 is 38.8 Å². The smallest absolute Gasteiger partial charge is 0.266 e. The minimum atomic E-state index is -0.275. The predicted molar refractivity (Wildman–Crippen MR) is 194 cm³/mol. The van der Waals surface area contributed by atoms with Gasteiger partial charge in [-0.05, 0) is 61.0 Å². The van der Waals surface area contributed by atoms with E-state index in [2.05, 4.69) is 42.6 Å². The Kier molecular flexibility index (Phi) is 11.8. The molecule has 7 aromatic rings. The average Bonchev–Trinajstić information content (AvgIpc) is 3.92. The van der Waals surface area contributed by atoms with Gasteiger partial charge in [0.05, 0.1) is 13.7 Å². The van der Waals surface area contributed by atoms with Gasteiger partial charge in [0.15, 0.2) is 11.5 Å².